The highest BCUT2D eigenvalue weighted by Gasteiger charge is 2.37. The second kappa shape index (κ2) is 14.2. The SMILES string of the molecule is C=C(COC)N(C(=O)C1CCC(C)CC1)c1ccc(Oc2ncc(CCc3nc(C(C)C)no3)cc2C(F)(F)F)cc1C(=O)O. The number of hydrogen-bond acceptors (Lipinski definition) is 8. The van der Waals surface area contributed by atoms with Crippen molar-refractivity contribution in [1.29, 1.82) is 0 Å². The fraction of sp³-hybridized carbons (Fsp3) is 0.469. The van der Waals surface area contributed by atoms with E-state index in [1.807, 2.05) is 13.8 Å². The number of hydrogen-bond donors (Lipinski definition) is 1. The molecule has 2 heterocycles. The smallest absolute Gasteiger partial charge is 0.421 e. The number of carbonyl (C=O) groups is 2. The van der Waals surface area contributed by atoms with Crippen LogP contribution in [0.3, 0.4) is 0 Å². The quantitative estimate of drug-likeness (QED) is 0.221. The summed E-state index contributed by atoms with van der Waals surface area (Å²) in [5.41, 5.74) is -0.973. The van der Waals surface area contributed by atoms with Crippen LogP contribution in [0.1, 0.15) is 85.6 Å². The number of anilines is 1. The molecule has 0 radical (unpaired) electrons. The molecule has 0 aliphatic heterocycles. The molecule has 0 saturated heterocycles. The summed E-state index contributed by atoms with van der Waals surface area (Å²) in [5, 5.41) is 13.9. The molecule has 1 saturated carbocycles. The summed E-state index contributed by atoms with van der Waals surface area (Å²) in [5.74, 6) is -1.66. The van der Waals surface area contributed by atoms with Crippen LogP contribution in [-0.2, 0) is 28.5 Å². The standard InChI is InChI=1S/C32H37F3N4O6/c1-18(2)28-37-27(45-38-28)13-8-21-14-25(32(33,34)35)29(36-16-21)44-23-11-12-26(24(15-23)31(41)42)39(20(4)17-43-5)30(40)22-9-6-19(3)7-10-22/h11-12,14-16,18-19,22H,4,6-10,13,17H2,1-3,5H3,(H,41,42). The van der Waals surface area contributed by atoms with Gasteiger partial charge in [-0.3, -0.25) is 9.69 Å². The summed E-state index contributed by atoms with van der Waals surface area (Å²) in [6.07, 6.45) is -0.175. The van der Waals surface area contributed by atoms with Crippen LogP contribution >= 0.6 is 0 Å². The van der Waals surface area contributed by atoms with E-state index in [9.17, 15) is 27.9 Å². The summed E-state index contributed by atoms with van der Waals surface area (Å²) in [6.45, 7) is 9.81. The average Bonchev–Trinajstić information content (AvgIpc) is 3.47. The lowest BCUT2D eigenvalue weighted by Crippen LogP contribution is -2.38. The van der Waals surface area contributed by atoms with E-state index in [2.05, 4.69) is 28.6 Å². The molecule has 3 aromatic rings. The van der Waals surface area contributed by atoms with E-state index in [4.69, 9.17) is 14.0 Å². The maximum Gasteiger partial charge on any atom is 0.421 e. The van der Waals surface area contributed by atoms with Gasteiger partial charge in [0.05, 0.1) is 17.9 Å². The van der Waals surface area contributed by atoms with Crippen LogP contribution in [0.15, 0.2) is 47.3 Å². The molecule has 1 aliphatic rings. The Morgan fingerprint density at radius 3 is 2.47 bits per heavy atom. The third kappa shape index (κ3) is 8.27. The summed E-state index contributed by atoms with van der Waals surface area (Å²) in [4.78, 5) is 35.4. The molecular formula is C32H37F3N4O6. The van der Waals surface area contributed by atoms with Gasteiger partial charge in [-0.1, -0.05) is 32.5 Å². The second-order valence-electron chi connectivity index (χ2n) is 11.6. The maximum atomic E-state index is 14.1. The highest BCUT2D eigenvalue weighted by molar-refractivity contribution is 6.04. The lowest BCUT2D eigenvalue weighted by molar-refractivity contribution is -0.139. The first-order valence-electron chi connectivity index (χ1n) is 14.7. The van der Waals surface area contributed by atoms with Crippen molar-refractivity contribution in [3.63, 3.8) is 0 Å². The van der Waals surface area contributed by atoms with Crippen molar-refractivity contribution in [2.24, 2.45) is 11.8 Å². The molecule has 13 heteroatoms. The van der Waals surface area contributed by atoms with Crippen molar-refractivity contribution in [3.8, 4) is 11.6 Å². The van der Waals surface area contributed by atoms with Gasteiger partial charge in [0.1, 0.15) is 11.3 Å². The van der Waals surface area contributed by atoms with E-state index in [1.165, 1.54) is 30.3 Å². The molecule has 45 heavy (non-hydrogen) atoms. The Labute approximate surface area is 259 Å². The monoisotopic (exact) mass is 630 g/mol. The highest BCUT2D eigenvalue weighted by atomic mass is 19.4. The van der Waals surface area contributed by atoms with E-state index in [0.717, 1.165) is 25.0 Å². The van der Waals surface area contributed by atoms with Crippen molar-refractivity contribution in [1.82, 2.24) is 15.1 Å². The Morgan fingerprint density at radius 2 is 1.87 bits per heavy atom. The van der Waals surface area contributed by atoms with Gasteiger partial charge in [-0.15, -0.1) is 0 Å². The molecule has 0 spiro atoms. The zero-order valence-corrected chi connectivity index (χ0v) is 25.7. The number of aromatic carboxylic acids is 1. The first-order valence-corrected chi connectivity index (χ1v) is 14.7. The zero-order valence-electron chi connectivity index (χ0n) is 25.7. The Hall–Kier alpha value is -4.26. The number of carboxylic acid groups (broad SMARTS) is 1. The number of ether oxygens (including phenoxy) is 2. The van der Waals surface area contributed by atoms with E-state index in [-0.39, 0.29) is 65.5 Å². The minimum atomic E-state index is -4.82. The minimum Gasteiger partial charge on any atom is -0.478 e. The first-order chi connectivity index (χ1) is 21.3. The van der Waals surface area contributed by atoms with Gasteiger partial charge in [0.2, 0.25) is 17.7 Å². The number of pyridine rings is 1. The van der Waals surface area contributed by atoms with Crippen molar-refractivity contribution in [3.05, 3.63) is 71.1 Å². The van der Waals surface area contributed by atoms with E-state index >= 15 is 0 Å². The van der Waals surface area contributed by atoms with Crippen LogP contribution in [0.4, 0.5) is 18.9 Å². The highest BCUT2D eigenvalue weighted by Crippen LogP contribution is 2.39. The lowest BCUT2D eigenvalue weighted by Gasteiger charge is -2.32. The van der Waals surface area contributed by atoms with Gasteiger partial charge in [0.25, 0.3) is 0 Å². The lowest BCUT2D eigenvalue weighted by atomic mass is 9.82. The van der Waals surface area contributed by atoms with Crippen LogP contribution in [0, 0.1) is 11.8 Å². The van der Waals surface area contributed by atoms with Crippen LogP contribution in [0.2, 0.25) is 0 Å². The summed E-state index contributed by atoms with van der Waals surface area (Å²) in [6, 6.07) is 4.61. The predicted octanol–water partition coefficient (Wildman–Crippen LogP) is 7.20. The van der Waals surface area contributed by atoms with Gasteiger partial charge in [-0.2, -0.15) is 18.2 Å². The summed E-state index contributed by atoms with van der Waals surface area (Å²) in [7, 11) is 1.43. The van der Waals surface area contributed by atoms with E-state index < -0.39 is 23.6 Å². The van der Waals surface area contributed by atoms with Crippen LogP contribution in [0.25, 0.3) is 0 Å². The second-order valence-corrected chi connectivity index (χ2v) is 11.6. The van der Waals surface area contributed by atoms with Gasteiger partial charge in [0, 0.05) is 37.3 Å². The third-order valence-electron chi connectivity index (χ3n) is 7.71. The molecule has 1 aromatic carbocycles. The predicted molar refractivity (Wildman–Crippen MR) is 158 cm³/mol. The number of aromatic nitrogens is 3. The Balaban J connectivity index is 1.62. The molecular weight excluding hydrogens is 593 g/mol. The van der Waals surface area contributed by atoms with Crippen molar-refractivity contribution in [2.45, 2.75) is 71.4 Å². The molecule has 2 aromatic heterocycles. The number of amides is 1. The van der Waals surface area contributed by atoms with Crippen LogP contribution < -0.4 is 9.64 Å². The number of nitrogens with zero attached hydrogens (tertiary/aromatic N) is 4. The average molecular weight is 631 g/mol. The van der Waals surface area contributed by atoms with Crippen molar-refractivity contribution < 1.29 is 41.9 Å². The number of carbonyl (C=O) groups excluding carboxylic acids is 1. The molecule has 1 fully saturated rings. The third-order valence-corrected chi connectivity index (χ3v) is 7.71. The van der Waals surface area contributed by atoms with Crippen molar-refractivity contribution >= 4 is 17.6 Å². The first kappa shape index (κ1) is 33.6. The number of aryl methyl sites for hydroxylation is 2. The molecule has 1 aliphatic carbocycles. The summed E-state index contributed by atoms with van der Waals surface area (Å²) >= 11 is 0. The molecule has 0 atom stereocenters. The molecule has 1 amide bonds. The Kier molecular flexibility index (Phi) is 10.6. The van der Waals surface area contributed by atoms with Gasteiger partial charge >= 0.3 is 12.1 Å². The number of halogens is 3. The molecule has 0 unspecified atom stereocenters. The topological polar surface area (TPSA) is 128 Å². The minimum absolute atomic E-state index is 0.0153. The number of carboxylic acids is 1. The van der Waals surface area contributed by atoms with Gasteiger partial charge in [-0.25, -0.2) is 9.78 Å². The fourth-order valence-electron chi connectivity index (χ4n) is 5.19. The molecule has 10 nitrogen and oxygen atoms in total. The molecule has 242 valence electrons. The fourth-order valence-corrected chi connectivity index (χ4v) is 5.19. The number of benzene rings is 1. The molecule has 0 bridgehead atoms. The van der Waals surface area contributed by atoms with Crippen molar-refractivity contribution in [2.75, 3.05) is 18.6 Å². The van der Waals surface area contributed by atoms with Gasteiger partial charge in [0.15, 0.2) is 5.82 Å². The van der Waals surface area contributed by atoms with Gasteiger partial charge in [-0.05, 0) is 67.9 Å². The van der Waals surface area contributed by atoms with Crippen LogP contribution in [-0.4, -0.2) is 45.8 Å². The number of rotatable bonds is 12. The normalized spacial score (nSPS) is 16.9. The van der Waals surface area contributed by atoms with Gasteiger partial charge < -0.3 is 19.1 Å². The zero-order chi connectivity index (χ0) is 32.9. The molecule has 4 rings (SSSR count). The summed E-state index contributed by atoms with van der Waals surface area (Å²) < 4.78 is 58.2. The number of methoxy groups -OCH3 is 1. The maximum absolute atomic E-state index is 14.1. The molecule has 1 N–H and O–H groups in total. The number of alkyl halides is 3. The Bertz CT molecular complexity index is 1530. The largest absolute Gasteiger partial charge is 0.478 e. The van der Waals surface area contributed by atoms with E-state index in [0.29, 0.717) is 30.5 Å². The van der Waals surface area contributed by atoms with E-state index in [1.54, 1.807) is 0 Å². The Morgan fingerprint density at radius 1 is 1.16 bits per heavy atom. The van der Waals surface area contributed by atoms with Crippen LogP contribution in [0.5, 0.6) is 11.6 Å².